The number of nitrogens with one attached hydrogen (secondary N) is 2. The lowest BCUT2D eigenvalue weighted by Gasteiger charge is -2.21. The number of halogens is 1. The highest BCUT2D eigenvalue weighted by Gasteiger charge is 2.15. The Labute approximate surface area is 182 Å². The average Bonchev–Trinajstić information content (AvgIpc) is 2.80. The van der Waals surface area contributed by atoms with E-state index in [1.54, 1.807) is 0 Å². The summed E-state index contributed by atoms with van der Waals surface area (Å²) in [5, 5.41) is 11.4. The van der Waals surface area contributed by atoms with E-state index in [0.29, 0.717) is 5.92 Å². The van der Waals surface area contributed by atoms with Crippen LogP contribution in [-0.2, 0) is 18.2 Å². The van der Waals surface area contributed by atoms with Crippen LogP contribution >= 0.6 is 24.0 Å². The Morgan fingerprint density at radius 1 is 1.22 bits per heavy atom. The molecule has 0 bridgehead atoms. The SMILES string of the molecule is CCNC(=NCCC(OCC)C(C)C)NC(C)Cc1c(C)nn(C)c1C.I. The fraction of sp³-hybridized carbons (Fsp3) is 0.800. The number of hydrogen-bond donors (Lipinski definition) is 2. The van der Waals surface area contributed by atoms with E-state index in [1.165, 1.54) is 11.3 Å². The van der Waals surface area contributed by atoms with Gasteiger partial charge in [0.25, 0.3) is 0 Å². The molecule has 6 nitrogen and oxygen atoms in total. The summed E-state index contributed by atoms with van der Waals surface area (Å²) in [6, 6.07) is 0.280. The summed E-state index contributed by atoms with van der Waals surface area (Å²) in [5.41, 5.74) is 3.66. The average molecular weight is 493 g/mol. The van der Waals surface area contributed by atoms with Gasteiger partial charge in [0, 0.05) is 38.5 Å². The van der Waals surface area contributed by atoms with Gasteiger partial charge in [0.2, 0.25) is 0 Å². The lowest BCUT2D eigenvalue weighted by molar-refractivity contribution is 0.0266. The van der Waals surface area contributed by atoms with E-state index < -0.39 is 0 Å². The Morgan fingerprint density at radius 3 is 2.37 bits per heavy atom. The molecule has 1 aromatic rings. The minimum Gasteiger partial charge on any atom is -0.378 e. The minimum atomic E-state index is 0. The first-order valence-electron chi connectivity index (χ1n) is 9.95. The number of hydrogen-bond acceptors (Lipinski definition) is 3. The normalized spacial score (nSPS) is 14.0. The van der Waals surface area contributed by atoms with Crippen molar-refractivity contribution in [2.24, 2.45) is 18.0 Å². The van der Waals surface area contributed by atoms with Crippen LogP contribution in [-0.4, -0.2) is 47.6 Å². The van der Waals surface area contributed by atoms with Gasteiger partial charge in [-0.05, 0) is 58.9 Å². The van der Waals surface area contributed by atoms with Crippen LogP contribution in [0.2, 0.25) is 0 Å². The highest BCUT2D eigenvalue weighted by molar-refractivity contribution is 14.0. The summed E-state index contributed by atoms with van der Waals surface area (Å²) in [4.78, 5) is 4.74. The van der Waals surface area contributed by atoms with Crippen molar-refractivity contribution in [2.45, 2.75) is 73.5 Å². The van der Waals surface area contributed by atoms with Crippen LogP contribution in [0.3, 0.4) is 0 Å². The fourth-order valence-electron chi connectivity index (χ4n) is 3.15. The molecule has 158 valence electrons. The number of ether oxygens (including phenoxy) is 1. The van der Waals surface area contributed by atoms with E-state index in [1.807, 2.05) is 18.7 Å². The quantitative estimate of drug-likeness (QED) is 0.297. The zero-order chi connectivity index (χ0) is 19.7. The molecule has 1 heterocycles. The summed E-state index contributed by atoms with van der Waals surface area (Å²) >= 11 is 0. The van der Waals surface area contributed by atoms with Crippen LogP contribution in [0, 0.1) is 19.8 Å². The van der Waals surface area contributed by atoms with Gasteiger partial charge in [-0.2, -0.15) is 5.10 Å². The maximum absolute atomic E-state index is 5.81. The van der Waals surface area contributed by atoms with Gasteiger partial charge in [0.1, 0.15) is 0 Å². The second kappa shape index (κ2) is 13.4. The highest BCUT2D eigenvalue weighted by Crippen LogP contribution is 2.14. The summed E-state index contributed by atoms with van der Waals surface area (Å²) in [5.74, 6) is 1.38. The van der Waals surface area contributed by atoms with Crippen molar-refractivity contribution in [3.05, 3.63) is 17.0 Å². The molecule has 27 heavy (non-hydrogen) atoms. The first kappa shape index (κ1) is 26.2. The molecule has 2 atom stereocenters. The number of aliphatic imine (C=N–C) groups is 1. The Bertz CT molecular complexity index is 571. The molecule has 0 aromatic carbocycles. The zero-order valence-electron chi connectivity index (χ0n) is 18.4. The summed E-state index contributed by atoms with van der Waals surface area (Å²) in [6.07, 6.45) is 2.14. The molecule has 7 heteroatoms. The second-order valence-corrected chi connectivity index (χ2v) is 7.31. The van der Waals surface area contributed by atoms with E-state index in [0.717, 1.165) is 44.2 Å². The predicted octanol–water partition coefficient (Wildman–Crippen LogP) is 3.59. The molecule has 2 N–H and O–H groups in total. The molecule has 0 spiro atoms. The maximum atomic E-state index is 5.81. The van der Waals surface area contributed by atoms with Crippen LogP contribution in [0.15, 0.2) is 4.99 Å². The van der Waals surface area contributed by atoms with Gasteiger partial charge in [0.15, 0.2) is 5.96 Å². The Morgan fingerprint density at radius 2 is 1.89 bits per heavy atom. The van der Waals surface area contributed by atoms with Gasteiger partial charge < -0.3 is 15.4 Å². The van der Waals surface area contributed by atoms with Gasteiger partial charge in [-0.15, -0.1) is 24.0 Å². The van der Waals surface area contributed by atoms with Crippen LogP contribution in [0.25, 0.3) is 0 Å². The van der Waals surface area contributed by atoms with Gasteiger partial charge >= 0.3 is 0 Å². The molecular weight excluding hydrogens is 453 g/mol. The molecule has 0 aliphatic rings. The van der Waals surface area contributed by atoms with E-state index in [2.05, 4.69) is 57.3 Å². The van der Waals surface area contributed by atoms with E-state index >= 15 is 0 Å². The van der Waals surface area contributed by atoms with Gasteiger partial charge in [-0.25, -0.2) is 0 Å². The third-order valence-corrected chi connectivity index (χ3v) is 4.70. The fourth-order valence-corrected chi connectivity index (χ4v) is 3.15. The van der Waals surface area contributed by atoms with E-state index in [-0.39, 0.29) is 36.1 Å². The lowest BCUT2D eigenvalue weighted by Crippen LogP contribution is -2.43. The summed E-state index contributed by atoms with van der Waals surface area (Å²) in [6.45, 7) is 17.3. The monoisotopic (exact) mass is 493 g/mol. The molecule has 0 radical (unpaired) electrons. The third-order valence-electron chi connectivity index (χ3n) is 4.70. The van der Waals surface area contributed by atoms with Gasteiger partial charge in [-0.1, -0.05) is 13.8 Å². The predicted molar refractivity (Wildman–Crippen MR) is 125 cm³/mol. The third kappa shape index (κ3) is 8.81. The second-order valence-electron chi connectivity index (χ2n) is 7.31. The number of aromatic nitrogens is 2. The van der Waals surface area contributed by atoms with E-state index in [4.69, 9.17) is 9.73 Å². The van der Waals surface area contributed by atoms with Crippen molar-refractivity contribution in [1.29, 1.82) is 0 Å². The Balaban J connectivity index is 0.00000676. The molecule has 0 amide bonds. The van der Waals surface area contributed by atoms with Crippen LogP contribution in [0.1, 0.15) is 58.0 Å². The largest absolute Gasteiger partial charge is 0.378 e. The standard InChI is InChI=1S/C20H39N5O.HI/c1-9-21-20(22-12-11-19(14(3)4)26-10-2)23-15(5)13-18-16(6)24-25(8)17(18)7;/h14-15,19H,9-13H2,1-8H3,(H2,21,22,23);1H. The number of rotatable bonds is 10. The molecule has 1 rings (SSSR count). The lowest BCUT2D eigenvalue weighted by atomic mass is 10.0. The first-order chi connectivity index (χ1) is 12.3. The molecule has 0 saturated heterocycles. The van der Waals surface area contributed by atoms with Crippen molar-refractivity contribution >= 4 is 29.9 Å². The molecule has 1 aromatic heterocycles. The van der Waals surface area contributed by atoms with Crippen molar-refractivity contribution < 1.29 is 4.74 Å². The van der Waals surface area contributed by atoms with Crippen molar-refractivity contribution in [2.75, 3.05) is 19.7 Å². The summed E-state index contributed by atoms with van der Waals surface area (Å²) < 4.78 is 7.77. The first-order valence-corrected chi connectivity index (χ1v) is 9.95. The van der Waals surface area contributed by atoms with Crippen molar-refractivity contribution in [3.63, 3.8) is 0 Å². The number of aryl methyl sites for hydroxylation is 2. The number of nitrogens with zero attached hydrogens (tertiary/aromatic N) is 3. The van der Waals surface area contributed by atoms with Gasteiger partial charge in [-0.3, -0.25) is 9.67 Å². The van der Waals surface area contributed by atoms with E-state index in [9.17, 15) is 0 Å². The molecule has 0 saturated carbocycles. The zero-order valence-corrected chi connectivity index (χ0v) is 20.8. The minimum absolute atomic E-state index is 0. The molecule has 0 fully saturated rings. The highest BCUT2D eigenvalue weighted by atomic mass is 127. The smallest absolute Gasteiger partial charge is 0.191 e. The molecule has 0 aliphatic heterocycles. The number of guanidine groups is 1. The Hall–Kier alpha value is -0.830. The van der Waals surface area contributed by atoms with Crippen molar-refractivity contribution in [1.82, 2.24) is 20.4 Å². The van der Waals surface area contributed by atoms with Crippen LogP contribution in [0.4, 0.5) is 0 Å². The van der Waals surface area contributed by atoms with Crippen molar-refractivity contribution in [3.8, 4) is 0 Å². The molecular formula is C20H40IN5O. The molecule has 0 aliphatic carbocycles. The summed E-state index contributed by atoms with van der Waals surface area (Å²) in [7, 11) is 2.00. The topological polar surface area (TPSA) is 63.5 Å². The van der Waals surface area contributed by atoms with Crippen LogP contribution in [0.5, 0.6) is 0 Å². The Kier molecular flexibility index (Phi) is 13.0. The molecule has 2 unspecified atom stereocenters. The maximum Gasteiger partial charge on any atom is 0.191 e. The van der Waals surface area contributed by atoms with Gasteiger partial charge in [0.05, 0.1) is 11.8 Å². The van der Waals surface area contributed by atoms with Crippen LogP contribution < -0.4 is 10.6 Å².